The molecule has 0 saturated carbocycles. The standard InChI is InChI=1S/C24H28ClNO3/c1-2-28-23-13-8-19(24(27)26-15-14-18-6-4-3-5-7-18)16-20(23)17-29-22-11-9-21(25)10-12-22/h6,8-13,16H,2-5,7,14-15,17H2,1H3,(H,26,27). The molecule has 1 amide bonds. The summed E-state index contributed by atoms with van der Waals surface area (Å²) < 4.78 is 11.6. The Bertz CT molecular complexity index is 846. The molecule has 4 nitrogen and oxygen atoms in total. The number of rotatable bonds is 9. The smallest absolute Gasteiger partial charge is 0.251 e. The molecule has 29 heavy (non-hydrogen) atoms. The first-order valence-corrected chi connectivity index (χ1v) is 10.6. The zero-order valence-electron chi connectivity index (χ0n) is 16.9. The van der Waals surface area contributed by atoms with Crippen molar-refractivity contribution in [3.63, 3.8) is 0 Å². The molecule has 1 aliphatic carbocycles. The molecule has 0 saturated heterocycles. The van der Waals surface area contributed by atoms with Crippen molar-refractivity contribution >= 4 is 17.5 Å². The van der Waals surface area contributed by atoms with E-state index in [1.807, 2.05) is 31.2 Å². The molecule has 0 spiro atoms. The molecule has 1 N–H and O–H groups in total. The molecule has 3 rings (SSSR count). The molecule has 154 valence electrons. The molecule has 2 aromatic rings. The Hall–Kier alpha value is -2.46. The summed E-state index contributed by atoms with van der Waals surface area (Å²) in [6.07, 6.45) is 8.11. The highest BCUT2D eigenvalue weighted by atomic mass is 35.5. The lowest BCUT2D eigenvalue weighted by Gasteiger charge is -2.15. The van der Waals surface area contributed by atoms with Gasteiger partial charge in [0.15, 0.2) is 0 Å². The second kappa shape index (κ2) is 10.9. The number of carbonyl (C=O) groups is 1. The fourth-order valence-corrected chi connectivity index (χ4v) is 3.52. The number of hydrogen-bond donors (Lipinski definition) is 1. The molecule has 0 heterocycles. The number of allylic oxidation sites excluding steroid dienone is 1. The topological polar surface area (TPSA) is 47.6 Å². The number of ether oxygens (including phenoxy) is 2. The summed E-state index contributed by atoms with van der Waals surface area (Å²) in [5.41, 5.74) is 2.91. The molecule has 0 unspecified atom stereocenters. The van der Waals surface area contributed by atoms with Gasteiger partial charge < -0.3 is 14.8 Å². The van der Waals surface area contributed by atoms with Gasteiger partial charge in [-0.15, -0.1) is 0 Å². The minimum absolute atomic E-state index is 0.0720. The maximum atomic E-state index is 12.6. The van der Waals surface area contributed by atoms with E-state index in [1.165, 1.54) is 24.8 Å². The number of carbonyl (C=O) groups excluding carboxylic acids is 1. The largest absolute Gasteiger partial charge is 0.493 e. The Morgan fingerprint density at radius 1 is 1.10 bits per heavy atom. The maximum absolute atomic E-state index is 12.6. The van der Waals surface area contributed by atoms with Crippen LogP contribution in [0, 0.1) is 0 Å². The van der Waals surface area contributed by atoms with E-state index in [0.717, 1.165) is 24.2 Å². The number of halogens is 1. The van der Waals surface area contributed by atoms with Gasteiger partial charge in [0.05, 0.1) is 6.61 Å². The van der Waals surface area contributed by atoms with Crippen molar-refractivity contribution in [1.82, 2.24) is 5.32 Å². The summed E-state index contributed by atoms with van der Waals surface area (Å²) in [6.45, 7) is 3.46. The minimum Gasteiger partial charge on any atom is -0.493 e. The molecule has 1 aliphatic rings. The zero-order valence-corrected chi connectivity index (χ0v) is 17.6. The number of amides is 1. The van der Waals surface area contributed by atoms with Crippen molar-refractivity contribution < 1.29 is 14.3 Å². The lowest BCUT2D eigenvalue weighted by molar-refractivity contribution is 0.0954. The maximum Gasteiger partial charge on any atom is 0.251 e. The second-order valence-electron chi connectivity index (χ2n) is 7.11. The summed E-state index contributed by atoms with van der Waals surface area (Å²) in [6, 6.07) is 12.7. The van der Waals surface area contributed by atoms with Crippen molar-refractivity contribution in [3.8, 4) is 11.5 Å². The molecule has 0 aliphatic heterocycles. The van der Waals surface area contributed by atoms with Gasteiger partial charge in [-0.1, -0.05) is 23.3 Å². The molecule has 0 atom stereocenters. The van der Waals surface area contributed by atoms with Crippen LogP contribution in [0.15, 0.2) is 54.1 Å². The van der Waals surface area contributed by atoms with Crippen molar-refractivity contribution in [2.75, 3.05) is 13.2 Å². The van der Waals surface area contributed by atoms with Crippen LogP contribution in [0.25, 0.3) is 0 Å². The van der Waals surface area contributed by atoms with Crippen molar-refractivity contribution in [3.05, 3.63) is 70.3 Å². The van der Waals surface area contributed by atoms with Crippen LogP contribution in [-0.4, -0.2) is 19.1 Å². The van der Waals surface area contributed by atoms with Gasteiger partial charge in [-0.2, -0.15) is 0 Å². The van der Waals surface area contributed by atoms with E-state index in [0.29, 0.717) is 36.1 Å². The molecular formula is C24H28ClNO3. The van der Waals surface area contributed by atoms with E-state index < -0.39 is 0 Å². The quantitative estimate of drug-likeness (QED) is 0.517. The molecule has 0 fully saturated rings. The third-order valence-electron chi connectivity index (χ3n) is 4.95. The van der Waals surface area contributed by atoms with E-state index in [2.05, 4.69) is 11.4 Å². The van der Waals surface area contributed by atoms with Crippen molar-refractivity contribution in [2.45, 2.75) is 45.6 Å². The summed E-state index contributed by atoms with van der Waals surface area (Å²) in [5, 5.41) is 3.69. The minimum atomic E-state index is -0.0720. The van der Waals surface area contributed by atoms with Crippen molar-refractivity contribution in [1.29, 1.82) is 0 Å². The Balaban J connectivity index is 1.62. The van der Waals surface area contributed by atoms with Crippen LogP contribution in [0.4, 0.5) is 0 Å². The average Bonchev–Trinajstić information content (AvgIpc) is 2.75. The molecule has 5 heteroatoms. The zero-order chi connectivity index (χ0) is 20.5. The van der Waals surface area contributed by atoms with Gasteiger partial charge in [-0.05, 0) is 81.5 Å². The Kier molecular flexibility index (Phi) is 8.00. The van der Waals surface area contributed by atoms with Gasteiger partial charge in [-0.25, -0.2) is 0 Å². The van der Waals surface area contributed by atoms with Gasteiger partial charge in [-0.3, -0.25) is 4.79 Å². The van der Waals surface area contributed by atoms with Crippen LogP contribution in [0.3, 0.4) is 0 Å². The molecular weight excluding hydrogens is 386 g/mol. The summed E-state index contributed by atoms with van der Waals surface area (Å²) >= 11 is 5.92. The van der Waals surface area contributed by atoms with Gasteiger partial charge in [0, 0.05) is 22.7 Å². The van der Waals surface area contributed by atoms with Crippen molar-refractivity contribution in [2.24, 2.45) is 0 Å². The van der Waals surface area contributed by atoms with Crippen LogP contribution >= 0.6 is 11.6 Å². The highest BCUT2D eigenvalue weighted by Gasteiger charge is 2.12. The fourth-order valence-electron chi connectivity index (χ4n) is 3.39. The predicted octanol–water partition coefficient (Wildman–Crippen LogP) is 5.94. The third kappa shape index (κ3) is 6.53. The van der Waals surface area contributed by atoms with E-state index in [4.69, 9.17) is 21.1 Å². The molecule has 0 aromatic heterocycles. The van der Waals surface area contributed by atoms with Gasteiger partial charge in [0.1, 0.15) is 18.1 Å². The molecule has 0 radical (unpaired) electrons. The average molecular weight is 414 g/mol. The fraction of sp³-hybridized carbons (Fsp3) is 0.375. The normalized spacial score (nSPS) is 13.5. The Labute approximate surface area is 177 Å². The summed E-state index contributed by atoms with van der Waals surface area (Å²) in [4.78, 5) is 12.6. The lowest BCUT2D eigenvalue weighted by Crippen LogP contribution is -2.25. The van der Waals surface area contributed by atoms with Crippen LogP contribution in [0.1, 0.15) is 54.9 Å². The second-order valence-corrected chi connectivity index (χ2v) is 7.55. The Morgan fingerprint density at radius 3 is 2.66 bits per heavy atom. The first-order valence-electron chi connectivity index (χ1n) is 10.3. The van der Waals surface area contributed by atoms with E-state index in [1.54, 1.807) is 18.2 Å². The lowest BCUT2D eigenvalue weighted by atomic mass is 9.97. The number of hydrogen-bond acceptors (Lipinski definition) is 3. The Morgan fingerprint density at radius 2 is 1.93 bits per heavy atom. The summed E-state index contributed by atoms with van der Waals surface area (Å²) in [7, 11) is 0. The van der Waals surface area contributed by atoms with Gasteiger partial charge in [0.25, 0.3) is 5.91 Å². The van der Waals surface area contributed by atoms with Crippen LogP contribution < -0.4 is 14.8 Å². The number of nitrogens with one attached hydrogen (secondary N) is 1. The van der Waals surface area contributed by atoms with Gasteiger partial charge >= 0.3 is 0 Å². The SMILES string of the molecule is CCOc1ccc(C(=O)NCCC2=CCCCC2)cc1COc1ccc(Cl)cc1. The van der Waals surface area contributed by atoms with Crippen LogP contribution in [-0.2, 0) is 6.61 Å². The third-order valence-corrected chi connectivity index (χ3v) is 5.20. The highest BCUT2D eigenvalue weighted by molar-refractivity contribution is 6.30. The first kappa shape index (κ1) is 21.3. The molecule has 0 bridgehead atoms. The highest BCUT2D eigenvalue weighted by Crippen LogP contribution is 2.24. The van der Waals surface area contributed by atoms with E-state index in [9.17, 15) is 4.79 Å². The monoisotopic (exact) mass is 413 g/mol. The first-order chi connectivity index (χ1) is 14.2. The van der Waals surface area contributed by atoms with E-state index in [-0.39, 0.29) is 5.91 Å². The van der Waals surface area contributed by atoms with Gasteiger partial charge in [0.2, 0.25) is 0 Å². The molecule has 2 aromatic carbocycles. The number of benzene rings is 2. The van der Waals surface area contributed by atoms with E-state index >= 15 is 0 Å². The van der Waals surface area contributed by atoms with Crippen LogP contribution in [0.5, 0.6) is 11.5 Å². The van der Waals surface area contributed by atoms with Crippen LogP contribution in [0.2, 0.25) is 5.02 Å². The predicted molar refractivity (Wildman–Crippen MR) is 117 cm³/mol. The summed E-state index contributed by atoms with van der Waals surface area (Å²) in [5.74, 6) is 1.37.